The molecule has 0 saturated heterocycles. The maximum atomic E-state index is 5.79. The number of ether oxygens (including phenoxy) is 1. The Morgan fingerprint density at radius 2 is 1.63 bits per heavy atom. The highest BCUT2D eigenvalue weighted by atomic mass is 79.9. The molecule has 2 heteroatoms. The maximum absolute atomic E-state index is 5.79. The monoisotopic (exact) mass is 312 g/mol. The lowest BCUT2D eigenvalue weighted by Gasteiger charge is -2.07. The van der Waals surface area contributed by atoms with Crippen LogP contribution in [0.25, 0.3) is 10.8 Å². The molecule has 0 spiro atoms. The summed E-state index contributed by atoms with van der Waals surface area (Å²) >= 11 is 3.44. The Hall–Kier alpha value is -1.80. The molecule has 94 valence electrons. The summed E-state index contributed by atoms with van der Waals surface area (Å²) in [6, 6.07) is 22.7. The largest absolute Gasteiger partial charge is 0.489 e. The van der Waals surface area contributed by atoms with Gasteiger partial charge in [-0.1, -0.05) is 58.4 Å². The minimum absolute atomic E-state index is 0.585. The molecule has 1 nitrogen and oxygen atoms in total. The van der Waals surface area contributed by atoms with E-state index in [1.165, 1.54) is 16.3 Å². The van der Waals surface area contributed by atoms with Gasteiger partial charge in [-0.05, 0) is 40.6 Å². The lowest BCUT2D eigenvalue weighted by Crippen LogP contribution is -1.95. The van der Waals surface area contributed by atoms with E-state index in [1.54, 1.807) is 0 Å². The molecule has 0 amide bonds. The van der Waals surface area contributed by atoms with Crippen LogP contribution in [0.4, 0.5) is 0 Å². The molecule has 0 aliphatic rings. The highest BCUT2D eigenvalue weighted by Crippen LogP contribution is 2.20. The Morgan fingerprint density at radius 1 is 0.789 bits per heavy atom. The summed E-state index contributed by atoms with van der Waals surface area (Å²) in [4.78, 5) is 0. The molecule has 3 aromatic rings. The van der Waals surface area contributed by atoms with Gasteiger partial charge in [-0.15, -0.1) is 0 Å². The molecular weight excluding hydrogens is 300 g/mol. The summed E-state index contributed by atoms with van der Waals surface area (Å²) in [5, 5.41) is 2.51. The fourth-order valence-corrected chi connectivity index (χ4v) is 2.43. The molecule has 0 aromatic heterocycles. The number of hydrogen-bond acceptors (Lipinski definition) is 1. The molecule has 0 N–H and O–H groups in total. The van der Waals surface area contributed by atoms with Crippen molar-refractivity contribution in [3.8, 4) is 5.75 Å². The number of rotatable bonds is 3. The van der Waals surface area contributed by atoms with Crippen LogP contribution in [0.5, 0.6) is 5.75 Å². The molecule has 3 aromatic carbocycles. The Labute approximate surface area is 121 Å². The van der Waals surface area contributed by atoms with Gasteiger partial charge >= 0.3 is 0 Å². The first-order valence-electron chi connectivity index (χ1n) is 6.17. The Balaban J connectivity index is 1.78. The summed E-state index contributed by atoms with van der Waals surface area (Å²) in [5.41, 5.74) is 1.18. The van der Waals surface area contributed by atoms with E-state index in [2.05, 4.69) is 58.4 Å². The van der Waals surface area contributed by atoms with Crippen LogP contribution in [0.2, 0.25) is 0 Å². The predicted molar refractivity (Wildman–Crippen MR) is 82.4 cm³/mol. The summed E-state index contributed by atoms with van der Waals surface area (Å²) < 4.78 is 6.82. The van der Waals surface area contributed by atoms with Crippen LogP contribution in [0, 0.1) is 0 Å². The summed E-state index contributed by atoms with van der Waals surface area (Å²) in [6.07, 6.45) is 0. The lowest BCUT2D eigenvalue weighted by molar-refractivity contribution is 0.306. The van der Waals surface area contributed by atoms with Crippen molar-refractivity contribution in [2.24, 2.45) is 0 Å². The standard InChI is InChI=1S/C17H13BrO/c18-16-6-3-7-17(11-16)19-12-13-8-9-14-4-1-2-5-15(14)10-13/h1-11H,12H2. The first-order chi connectivity index (χ1) is 9.31. The van der Waals surface area contributed by atoms with E-state index in [0.29, 0.717) is 6.61 Å². The second kappa shape index (κ2) is 5.45. The highest BCUT2D eigenvalue weighted by molar-refractivity contribution is 9.10. The molecule has 0 atom stereocenters. The molecule has 0 bridgehead atoms. The quantitative estimate of drug-likeness (QED) is 0.647. The summed E-state index contributed by atoms with van der Waals surface area (Å²) in [7, 11) is 0. The topological polar surface area (TPSA) is 9.23 Å². The van der Waals surface area contributed by atoms with E-state index >= 15 is 0 Å². The minimum atomic E-state index is 0.585. The van der Waals surface area contributed by atoms with Crippen molar-refractivity contribution in [1.82, 2.24) is 0 Å². The van der Waals surface area contributed by atoms with Crippen molar-refractivity contribution in [2.75, 3.05) is 0 Å². The van der Waals surface area contributed by atoms with Crippen molar-refractivity contribution in [1.29, 1.82) is 0 Å². The van der Waals surface area contributed by atoms with Crippen LogP contribution in [-0.4, -0.2) is 0 Å². The van der Waals surface area contributed by atoms with Gasteiger partial charge in [0.25, 0.3) is 0 Å². The van der Waals surface area contributed by atoms with Crippen LogP contribution >= 0.6 is 15.9 Å². The summed E-state index contributed by atoms with van der Waals surface area (Å²) in [6.45, 7) is 0.585. The van der Waals surface area contributed by atoms with Gasteiger partial charge in [0.2, 0.25) is 0 Å². The smallest absolute Gasteiger partial charge is 0.120 e. The fraction of sp³-hybridized carbons (Fsp3) is 0.0588. The van der Waals surface area contributed by atoms with E-state index in [1.807, 2.05) is 24.3 Å². The van der Waals surface area contributed by atoms with Crippen LogP contribution in [0.3, 0.4) is 0 Å². The Morgan fingerprint density at radius 3 is 2.47 bits per heavy atom. The third kappa shape index (κ3) is 2.96. The van der Waals surface area contributed by atoms with E-state index < -0.39 is 0 Å². The molecule has 0 aliphatic heterocycles. The zero-order chi connectivity index (χ0) is 13.1. The number of hydrogen-bond donors (Lipinski definition) is 0. The van der Waals surface area contributed by atoms with Crippen LogP contribution < -0.4 is 4.74 Å². The van der Waals surface area contributed by atoms with Crippen molar-refractivity contribution < 1.29 is 4.74 Å². The lowest BCUT2D eigenvalue weighted by atomic mass is 10.1. The molecule has 0 saturated carbocycles. The van der Waals surface area contributed by atoms with Gasteiger partial charge in [0, 0.05) is 4.47 Å². The molecule has 0 radical (unpaired) electrons. The van der Waals surface area contributed by atoms with Gasteiger partial charge in [0.15, 0.2) is 0 Å². The zero-order valence-electron chi connectivity index (χ0n) is 10.3. The molecule has 0 aliphatic carbocycles. The maximum Gasteiger partial charge on any atom is 0.120 e. The van der Waals surface area contributed by atoms with Gasteiger partial charge in [0.05, 0.1) is 0 Å². The van der Waals surface area contributed by atoms with E-state index in [4.69, 9.17) is 4.74 Å². The van der Waals surface area contributed by atoms with Crippen molar-refractivity contribution >= 4 is 26.7 Å². The molecular formula is C17H13BrO. The second-order valence-corrected chi connectivity index (χ2v) is 5.34. The average Bonchev–Trinajstić information content (AvgIpc) is 2.45. The zero-order valence-corrected chi connectivity index (χ0v) is 11.9. The second-order valence-electron chi connectivity index (χ2n) is 4.43. The number of benzene rings is 3. The van der Waals surface area contributed by atoms with Crippen molar-refractivity contribution in [3.63, 3.8) is 0 Å². The molecule has 0 unspecified atom stereocenters. The van der Waals surface area contributed by atoms with Crippen LogP contribution in [0.1, 0.15) is 5.56 Å². The fourth-order valence-electron chi connectivity index (χ4n) is 2.05. The van der Waals surface area contributed by atoms with Gasteiger partial charge < -0.3 is 4.74 Å². The van der Waals surface area contributed by atoms with Gasteiger partial charge in [-0.3, -0.25) is 0 Å². The number of halogens is 1. The average molecular weight is 313 g/mol. The minimum Gasteiger partial charge on any atom is -0.489 e. The summed E-state index contributed by atoms with van der Waals surface area (Å²) in [5.74, 6) is 0.877. The molecule has 3 rings (SSSR count). The normalized spacial score (nSPS) is 10.6. The SMILES string of the molecule is Brc1cccc(OCc2ccc3ccccc3c2)c1. The van der Waals surface area contributed by atoms with Gasteiger partial charge in [-0.2, -0.15) is 0 Å². The highest BCUT2D eigenvalue weighted by Gasteiger charge is 1.98. The molecule has 0 heterocycles. The Bertz CT molecular complexity index is 706. The Kier molecular flexibility index (Phi) is 3.51. The first-order valence-corrected chi connectivity index (χ1v) is 6.97. The van der Waals surface area contributed by atoms with E-state index in [-0.39, 0.29) is 0 Å². The van der Waals surface area contributed by atoms with E-state index in [9.17, 15) is 0 Å². The van der Waals surface area contributed by atoms with E-state index in [0.717, 1.165) is 10.2 Å². The van der Waals surface area contributed by atoms with Crippen molar-refractivity contribution in [2.45, 2.75) is 6.61 Å². The predicted octanol–water partition coefficient (Wildman–Crippen LogP) is 5.18. The van der Waals surface area contributed by atoms with Gasteiger partial charge in [0.1, 0.15) is 12.4 Å². The van der Waals surface area contributed by atoms with Crippen LogP contribution in [-0.2, 0) is 6.61 Å². The first kappa shape index (κ1) is 12.2. The molecule has 19 heavy (non-hydrogen) atoms. The number of fused-ring (bicyclic) bond motifs is 1. The molecule has 0 fully saturated rings. The third-order valence-corrected chi connectivity index (χ3v) is 3.51. The van der Waals surface area contributed by atoms with Crippen molar-refractivity contribution in [3.05, 3.63) is 76.8 Å². The van der Waals surface area contributed by atoms with Gasteiger partial charge in [-0.25, -0.2) is 0 Å². The third-order valence-electron chi connectivity index (χ3n) is 3.02. The van der Waals surface area contributed by atoms with Crippen LogP contribution in [0.15, 0.2) is 71.2 Å².